The lowest BCUT2D eigenvalue weighted by Crippen LogP contribution is -2.47. The maximum Gasteiger partial charge on any atom is 0.308 e. The van der Waals surface area contributed by atoms with E-state index in [0.29, 0.717) is 30.2 Å². The molecule has 0 radical (unpaired) electrons. The lowest BCUT2D eigenvalue weighted by molar-refractivity contribution is -0.147. The Labute approximate surface area is 134 Å². The van der Waals surface area contributed by atoms with Gasteiger partial charge in [-0.25, -0.2) is 0 Å². The third-order valence-electron chi connectivity index (χ3n) is 3.82. The molecule has 1 fully saturated rings. The molecule has 1 N–H and O–H groups in total. The molecule has 6 heteroatoms. The second-order valence-corrected chi connectivity index (χ2v) is 6.06. The minimum absolute atomic E-state index is 0.205. The van der Waals surface area contributed by atoms with Crippen LogP contribution in [0.2, 0.25) is 5.02 Å². The van der Waals surface area contributed by atoms with Crippen molar-refractivity contribution < 1.29 is 19.4 Å². The summed E-state index contributed by atoms with van der Waals surface area (Å²) in [5.41, 5.74) is 0.989. The monoisotopic (exact) mass is 325 g/mol. The fourth-order valence-corrected chi connectivity index (χ4v) is 2.74. The van der Waals surface area contributed by atoms with E-state index >= 15 is 0 Å². The van der Waals surface area contributed by atoms with Crippen LogP contribution in [0.4, 0.5) is 0 Å². The number of carbonyl (C=O) groups excluding carboxylic acids is 1. The van der Waals surface area contributed by atoms with Gasteiger partial charge < -0.3 is 14.7 Å². The van der Waals surface area contributed by atoms with Crippen LogP contribution in [0.15, 0.2) is 18.2 Å². The van der Waals surface area contributed by atoms with Crippen molar-refractivity contribution in [2.24, 2.45) is 5.92 Å². The second kappa shape index (κ2) is 7.01. The minimum atomic E-state index is -0.854. The smallest absolute Gasteiger partial charge is 0.308 e. The van der Waals surface area contributed by atoms with Crippen molar-refractivity contribution in [1.29, 1.82) is 0 Å². The Morgan fingerprint density at radius 1 is 1.45 bits per heavy atom. The van der Waals surface area contributed by atoms with Crippen LogP contribution in [-0.2, 0) is 9.59 Å². The molecule has 1 aliphatic heterocycles. The Morgan fingerprint density at radius 2 is 2.18 bits per heavy atom. The van der Waals surface area contributed by atoms with Crippen molar-refractivity contribution >= 4 is 23.5 Å². The zero-order valence-corrected chi connectivity index (χ0v) is 13.5. The van der Waals surface area contributed by atoms with Crippen LogP contribution in [0.5, 0.6) is 5.75 Å². The van der Waals surface area contributed by atoms with Crippen molar-refractivity contribution in [3.63, 3.8) is 0 Å². The highest BCUT2D eigenvalue weighted by atomic mass is 35.5. The lowest BCUT2D eigenvalue weighted by Gasteiger charge is -2.32. The first-order valence-electron chi connectivity index (χ1n) is 7.33. The molecule has 0 aromatic heterocycles. The van der Waals surface area contributed by atoms with Gasteiger partial charge in [-0.15, -0.1) is 0 Å². The highest BCUT2D eigenvalue weighted by Crippen LogP contribution is 2.27. The summed E-state index contributed by atoms with van der Waals surface area (Å²) < 4.78 is 5.67. The number of benzene rings is 1. The molecule has 0 aliphatic carbocycles. The van der Waals surface area contributed by atoms with Gasteiger partial charge in [-0.05, 0) is 44.4 Å². The minimum Gasteiger partial charge on any atom is -0.481 e. The summed E-state index contributed by atoms with van der Waals surface area (Å²) in [6.45, 7) is 4.38. The van der Waals surface area contributed by atoms with Gasteiger partial charge in [0.05, 0.1) is 10.9 Å². The number of hydrogen-bond acceptors (Lipinski definition) is 3. The molecule has 22 heavy (non-hydrogen) atoms. The van der Waals surface area contributed by atoms with Crippen molar-refractivity contribution in [1.82, 2.24) is 4.90 Å². The molecule has 1 aromatic rings. The summed E-state index contributed by atoms with van der Waals surface area (Å²) in [7, 11) is 0. The zero-order valence-electron chi connectivity index (χ0n) is 12.7. The summed E-state index contributed by atoms with van der Waals surface area (Å²) in [4.78, 5) is 25.1. The van der Waals surface area contributed by atoms with E-state index in [1.54, 1.807) is 24.0 Å². The van der Waals surface area contributed by atoms with E-state index in [0.717, 1.165) is 5.56 Å². The van der Waals surface area contributed by atoms with Gasteiger partial charge in [0.1, 0.15) is 5.75 Å². The summed E-state index contributed by atoms with van der Waals surface area (Å²) >= 11 is 6.07. The second-order valence-electron chi connectivity index (χ2n) is 5.66. The van der Waals surface area contributed by atoms with Crippen LogP contribution in [0, 0.1) is 12.8 Å². The van der Waals surface area contributed by atoms with Crippen LogP contribution in [0.3, 0.4) is 0 Å². The number of aliphatic carboxylic acids is 1. The molecule has 0 bridgehead atoms. The number of carbonyl (C=O) groups is 2. The molecule has 5 nitrogen and oxygen atoms in total. The molecule has 2 atom stereocenters. The highest BCUT2D eigenvalue weighted by Gasteiger charge is 2.31. The summed E-state index contributed by atoms with van der Waals surface area (Å²) in [6, 6.07) is 5.37. The third-order valence-corrected chi connectivity index (χ3v) is 4.13. The largest absolute Gasteiger partial charge is 0.481 e. The molecular weight excluding hydrogens is 306 g/mol. The SMILES string of the molecule is Cc1ccc(Cl)c(OC(C)C(=O)N2CCC[C@H](C(=O)O)C2)c1. The maximum absolute atomic E-state index is 12.4. The van der Waals surface area contributed by atoms with E-state index in [2.05, 4.69) is 0 Å². The fourth-order valence-electron chi connectivity index (χ4n) is 2.58. The van der Waals surface area contributed by atoms with Crippen molar-refractivity contribution in [3.8, 4) is 5.75 Å². The average Bonchev–Trinajstić information content (AvgIpc) is 2.50. The molecule has 1 aromatic carbocycles. The number of amides is 1. The standard InChI is InChI=1S/C16H20ClNO4/c1-10-5-6-13(17)14(8-10)22-11(2)15(19)18-7-3-4-12(9-18)16(20)21/h5-6,8,11-12H,3-4,7,9H2,1-2H3,(H,20,21)/t11?,12-/m0/s1. The normalized spacial score (nSPS) is 19.6. The number of aryl methyl sites for hydroxylation is 1. The number of ether oxygens (including phenoxy) is 1. The van der Waals surface area contributed by atoms with Gasteiger partial charge in [-0.1, -0.05) is 17.7 Å². The Balaban J connectivity index is 2.02. The number of rotatable bonds is 4. The maximum atomic E-state index is 12.4. The molecule has 1 aliphatic rings. The lowest BCUT2D eigenvalue weighted by atomic mass is 9.98. The predicted molar refractivity (Wildman–Crippen MR) is 83.2 cm³/mol. The quantitative estimate of drug-likeness (QED) is 0.924. The Morgan fingerprint density at radius 3 is 2.86 bits per heavy atom. The number of carboxylic acids is 1. The summed E-state index contributed by atoms with van der Waals surface area (Å²) in [5, 5.41) is 9.54. The van der Waals surface area contributed by atoms with E-state index in [1.165, 1.54) is 0 Å². The van der Waals surface area contributed by atoms with Crippen LogP contribution >= 0.6 is 11.6 Å². The summed E-state index contributed by atoms with van der Waals surface area (Å²) in [6.07, 6.45) is 0.602. The van der Waals surface area contributed by atoms with E-state index in [9.17, 15) is 9.59 Å². The predicted octanol–water partition coefficient (Wildman–Crippen LogP) is 2.74. The number of piperidine rings is 1. The van der Waals surface area contributed by atoms with Gasteiger partial charge in [0, 0.05) is 13.1 Å². The summed E-state index contributed by atoms with van der Waals surface area (Å²) in [5.74, 6) is -1.09. The van der Waals surface area contributed by atoms with Crippen LogP contribution in [-0.4, -0.2) is 41.1 Å². The Hall–Kier alpha value is -1.75. The van der Waals surface area contributed by atoms with E-state index in [1.807, 2.05) is 13.0 Å². The Kier molecular flexibility index (Phi) is 5.29. The topological polar surface area (TPSA) is 66.8 Å². The Bertz CT molecular complexity index is 575. The van der Waals surface area contributed by atoms with Gasteiger partial charge in [-0.2, -0.15) is 0 Å². The van der Waals surface area contributed by atoms with Gasteiger partial charge in [0.2, 0.25) is 0 Å². The molecule has 2 rings (SSSR count). The van der Waals surface area contributed by atoms with Gasteiger partial charge in [-0.3, -0.25) is 9.59 Å². The number of carboxylic acid groups (broad SMARTS) is 1. The molecule has 1 heterocycles. The van der Waals surface area contributed by atoms with Crippen molar-refractivity contribution in [2.75, 3.05) is 13.1 Å². The molecule has 120 valence electrons. The first kappa shape index (κ1) is 16.6. The third kappa shape index (κ3) is 3.91. The first-order chi connectivity index (χ1) is 10.4. The molecular formula is C16H20ClNO4. The number of hydrogen-bond donors (Lipinski definition) is 1. The molecule has 0 spiro atoms. The molecule has 1 unspecified atom stereocenters. The van der Waals surface area contributed by atoms with Crippen LogP contribution in [0.1, 0.15) is 25.3 Å². The van der Waals surface area contributed by atoms with Crippen LogP contribution < -0.4 is 4.74 Å². The molecule has 1 saturated heterocycles. The van der Waals surface area contributed by atoms with Gasteiger partial charge >= 0.3 is 5.97 Å². The highest BCUT2D eigenvalue weighted by molar-refractivity contribution is 6.32. The fraction of sp³-hybridized carbons (Fsp3) is 0.500. The zero-order chi connectivity index (χ0) is 16.3. The average molecular weight is 326 g/mol. The number of nitrogens with zero attached hydrogens (tertiary/aromatic N) is 1. The van der Waals surface area contributed by atoms with E-state index in [-0.39, 0.29) is 12.5 Å². The molecule has 1 amide bonds. The van der Waals surface area contributed by atoms with E-state index < -0.39 is 18.0 Å². The van der Waals surface area contributed by atoms with E-state index in [4.69, 9.17) is 21.4 Å². The van der Waals surface area contributed by atoms with Crippen molar-refractivity contribution in [3.05, 3.63) is 28.8 Å². The number of halogens is 1. The molecule has 0 saturated carbocycles. The van der Waals surface area contributed by atoms with Gasteiger partial charge in [0.25, 0.3) is 5.91 Å². The first-order valence-corrected chi connectivity index (χ1v) is 7.70. The van der Waals surface area contributed by atoms with Gasteiger partial charge in [0.15, 0.2) is 6.10 Å². The van der Waals surface area contributed by atoms with Crippen molar-refractivity contribution in [2.45, 2.75) is 32.8 Å². The number of likely N-dealkylation sites (tertiary alicyclic amines) is 1. The van der Waals surface area contributed by atoms with Crippen LogP contribution in [0.25, 0.3) is 0 Å².